The molecule has 21 heavy (non-hydrogen) atoms. The van der Waals surface area contributed by atoms with E-state index in [0.717, 1.165) is 12.8 Å². The molecule has 1 rings (SSSR count). The summed E-state index contributed by atoms with van der Waals surface area (Å²) in [7, 11) is 0. The molecule has 0 aromatic carbocycles. The Bertz CT molecular complexity index is 368. The van der Waals surface area contributed by atoms with Crippen molar-refractivity contribution in [2.75, 3.05) is 6.54 Å². The lowest BCUT2D eigenvalue weighted by atomic mass is 9.81. The lowest BCUT2D eigenvalue weighted by Crippen LogP contribution is -2.37. The van der Waals surface area contributed by atoms with Gasteiger partial charge in [0.05, 0.1) is 0 Å². The van der Waals surface area contributed by atoms with Crippen molar-refractivity contribution in [3.8, 4) is 0 Å². The zero-order valence-electron chi connectivity index (χ0n) is 14.3. The summed E-state index contributed by atoms with van der Waals surface area (Å²) in [6.45, 7) is 12.4. The molecule has 1 fully saturated rings. The molecule has 5 heteroatoms. The minimum atomic E-state index is -0.0765. The van der Waals surface area contributed by atoms with Crippen LogP contribution in [0.4, 0.5) is 0 Å². The van der Waals surface area contributed by atoms with Gasteiger partial charge in [-0.1, -0.05) is 41.5 Å². The molecule has 5 nitrogen and oxygen atoms in total. The number of carbonyl (C=O) groups excluding carboxylic acids is 1. The zero-order valence-corrected chi connectivity index (χ0v) is 14.3. The van der Waals surface area contributed by atoms with Gasteiger partial charge in [-0.2, -0.15) is 0 Å². The van der Waals surface area contributed by atoms with Gasteiger partial charge < -0.3 is 10.1 Å². The maximum atomic E-state index is 11.8. The highest BCUT2D eigenvalue weighted by atomic mass is 16.5. The third-order valence-electron chi connectivity index (χ3n) is 3.52. The topological polar surface area (TPSA) is 86.0 Å². The zero-order chi connectivity index (χ0) is 16.6. The summed E-state index contributed by atoms with van der Waals surface area (Å²) in [6.07, 6.45) is 2.32. The molecule has 0 saturated heterocycles. The summed E-state index contributed by atoms with van der Waals surface area (Å²) in [5.41, 5.74) is -0.0673. The average Bonchev–Trinajstić information content (AvgIpc) is 3.23. The van der Waals surface area contributed by atoms with E-state index in [1.165, 1.54) is 0 Å². The summed E-state index contributed by atoms with van der Waals surface area (Å²) < 4.78 is 5.10. The second kappa shape index (κ2) is 8.80. The van der Waals surface area contributed by atoms with Gasteiger partial charge in [0.25, 0.3) is 0 Å². The van der Waals surface area contributed by atoms with Crippen LogP contribution in [-0.4, -0.2) is 24.2 Å². The van der Waals surface area contributed by atoms with Crippen LogP contribution in [0.3, 0.4) is 0 Å². The van der Waals surface area contributed by atoms with Crippen LogP contribution in [0, 0.1) is 28.1 Å². The molecule has 0 aromatic rings. The van der Waals surface area contributed by atoms with E-state index in [9.17, 15) is 4.79 Å². The number of ether oxygens (including phenoxy) is 1. The first-order valence-corrected chi connectivity index (χ1v) is 7.83. The second-order valence-corrected chi connectivity index (χ2v) is 6.29. The first-order chi connectivity index (χ1) is 9.71. The lowest BCUT2D eigenvalue weighted by Gasteiger charge is -2.26. The number of rotatable bonds is 5. The molecule has 0 heterocycles. The molecule has 122 valence electrons. The van der Waals surface area contributed by atoms with E-state index in [1.807, 2.05) is 41.5 Å². The fraction of sp³-hybridized carbons (Fsp3) is 0.812. The quantitative estimate of drug-likeness (QED) is 0.535. The Morgan fingerprint density at radius 1 is 1.29 bits per heavy atom. The van der Waals surface area contributed by atoms with E-state index in [4.69, 9.17) is 15.6 Å². The molecule has 1 atom stereocenters. The molecule has 0 aromatic heterocycles. The molecule has 0 bridgehead atoms. The molecule has 3 N–H and O–H groups in total. The van der Waals surface area contributed by atoms with Crippen LogP contribution in [0.5, 0.6) is 0 Å². The van der Waals surface area contributed by atoms with E-state index >= 15 is 0 Å². The van der Waals surface area contributed by atoms with Gasteiger partial charge in [0.15, 0.2) is 11.8 Å². The normalized spacial score (nSPS) is 15.3. The van der Waals surface area contributed by atoms with Gasteiger partial charge in [-0.3, -0.25) is 15.6 Å². The highest BCUT2D eigenvalue weighted by Crippen LogP contribution is 2.30. The summed E-state index contributed by atoms with van der Waals surface area (Å²) in [5, 5.41) is 18.0. The number of hydrogen-bond donors (Lipinski definition) is 3. The van der Waals surface area contributed by atoms with Crippen LogP contribution < -0.4 is 5.32 Å². The summed E-state index contributed by atoms with van der Waals surface area (Å²) >= 11 is 0. The highest BCUT2D eigenvalue weighted by molar-refractivity contribution is 5.91. The summed E-state index contributed by atoms with van der Waals surface area (Å²) in [4.78, 5) is 11.8. The van der Waals surface area contributed by atoms with E-state index in [1.54, 1.807) is 0 Å². The van der Waals surface area contributed by atoms with E-state index < -0.39 is 0 Å². The molecule has 0 spiro atoms. The van der Waals surface area contributed by atoms with Crippen LogP contribution in [0.15, 0.2) is 0 Å². The van der Waals surface area contributed by atoms with Crippen LogP contribution in [-0.2, 0) is 9.53 Å². The molecule has 0 radical (unpaired) electrons. The van der Waals surface area contributed by atoms with Crippen molar-refractivity contribution in [1.29, 1.82) is 10.8 Å². The van der Waals surface area contributed by atoms with Crippen molar-refractivity contribution < 1.29 is 9.53 Å². The predicted octanol–water partition coefficient (Wildman–Crippen LogP) is 3.58. The van der Waals surface area contributed by atoms with E-state index in [2.05, 4.69) is 5.32 Å². The van der Waals surface area contributed by atoms with Crippen molar-refractivity contribution >= 4 is 17.7 Å². The van der Waals surface area contributed by atoms with E-state index in [0.29, 0.717) is 13.0 Å². The Balaban J connectivity index is 0.00000191. The van der Waals surface area contributed by atoms with Crippen molar-refractivity contribution in [3.05, 3.63) is 0 Å². The minimum Gasteiger partial charge on any atom is -0.429 e. The molecule has 1 unspecified atom stereocenters. The monoisotopic (exact) mass is 297 g/mol. The number of amides is 1. The fourth-order valence-corrected chi connectivity index (χ4v) is 1.46. The maximum Gasteiger partial charge on any atom is 0.223 e. The largest absolute Gasteiger partial charge is 0.429 e. The van der Waals surface area contributed by atoms with Crippen molar-refractivity contribution in [2.24, 2.45) is 17.3 Å². The molecule has 0 aliphatic heterocycles. The molecular weight excluding hydrogens is 266 g/mol. The van der Waals surface area contributed by atoms with Gasteiger partial charge in [0.2, 0.25) is 5.91 Å². The minimum absolute atomic E-state index is 0.00225. The van der Waals surface area contributed by atoms with Gasteiger partial charge >= 0.3 is 0 Å². The van der Waals surface area contributed by atoms with Crippen LogP contribution >= 0.6 is 0 Å². The molecule has 1 saturated carbocycles. The van der Waals surface area contributed by atoms with Crippen LogP contribution in [0.25, 0.3) is 0 Å². The van der Waals surface area contributed by atoms with Gasteiger partial charge in [-0.15, -0.1) is 0 Å². The van der Waals surface area contributed by atoms with Crippen molar-refractivity contribution in [3.63, 3.8) is 0 Å². The Labute approximate surface area is 128 Å². The van der Waals surface area contributed by atoms with Crippen LogP contribution in [0.2, 0.25) is 0 Å². The number of hydrogen-bond acceptors (Lipinski definition) is 4. The Kier molecular flexibility index (Phi) is 8.22. The van der Waals surface area contributed by atoms with Gasteiger partial charge in [0, 0.05) is 24.8 Å². The Morgan fingerprint density at radius 3 is 2.24 bits per heavy atom. The summed E-state index contributed by atoms with van der Waals surface area (Å²) in [6, 6.07) is 0. The van der Waals surface area contributed by atoms with E-state index in [-0.39, 0.29) is 35.0 Å². The standard InChI is InChI=1S/C14H25N3O2.C2H6/c1-9(14(2,3)4)13(18)17-8-7-11(15)19-12(16)10-5-6-10;1-2/h9-10,15-16H,5-8H2,1-4H3,(H,17,18);1-2H3. The predicted molar refractivity (Wildman–Crippen MR) is 86.9 cm³/mol. The van der Waals surface area contributed by atoms with Gasteiger partial charge in [0.1, 0.15) is 0 Å². The third-order valence-corrected chi connectivity index (χ3v) is 3.52. The molecule has 1 aliphatic carbocycles. The number of nitrogens with one attached hydrogen (secondary N) is 3. The SMILES string of the molecule is CC.CC(C(=O)NCCC(=N)OC(=N)C1CC1)C(C)(C)C. The lowest BCUT2D eigenvalue weighted by molar-refractivity contribution is -0.127. The Morgan fingerprint density at radius 2 is 1.81 bits per heavy atom. The molecule has 1 aliphatic rings. The van der Waals surface area contributed by atoms with Gasteiger partial charge in [-0.25, -0.2) is 0 Å². The van der Waals surface area contributed by atoms with Crippen molar-refractivity contribution in [2.45, 2.75) is 60.8 Å². The maximum absolute atomic E-state index is 11.8. The Hall–Kier alpha value is -1.39. The average molecular weight is 297 g/mol. The molecular formula is C16H31N3O2. The first-order valence-electron chi connectivity index (χ1n) is 7.83. The fourth-order valence-electron chi connectivity index (χ4n) is 1.46. The summed E-state index contributed by atoms with van der Waals surface area (Å²) in [5.74, 6) is 0.390. The third kappa shape index (κ3) is 7.83. The first kappa shape index (κ1) is 19.6. The van der Waals surface area contributed by atoms with Crippen LogP contribution in [0.1, 0.15) is 60.8 Å². The second-order valence-electron chi connectivity index (χ2n) is 6.29. The van der Waals surface area contributed by atoms with Crippen molar-refractivity contribution in [1.82, 2.24) is 5.32 Å². The molecule has 1 amide bonds. The van der Waals surface area contributed by atoms with Gasteiger partial charge in [-0.05, 0) is 18.3 Å². The number of carbonyl (C=O) groups is 1. The highest BCUT2D eigenvalue weighted by Gasteiger charge is 2.29. The smallest absolute Gasteiger partial charge is 0.223 e.